The first kappa shape index (κ1) is 22.2. The molecule has 27 heavy (non-hydrogen) atoms. The summed E-state index contributed by atoms with van der Waals surface area (Å²) >= 11 is 0. The molecule has 10 heteroatoms. The molecular weight excluding hydrogens is 346 g/mol. The van der Waals surface area contributed by atoms with Crippen LogP contribution >= 0.6 is 0 Å². The van der Waals surface area contributed by atoms with Crippen molar-refractivity contribution in [2.24, 2.45) is 0 Å². The van der Waals surface area contributed by atoms with Crippen LogP contribution in [0.3, 0.4) is 0 Å². The summed E-state index contributed by atoms with van der Waals surface area (Å²) in [6.07, 6.45) is 0. The largest absolute Gasteiger partial charge is 0.322 e. The number of rotatable bonds is 13. The fraction of sp³-hybridized carbons (Fsp3) is 0.706. The third kappa shape index (κ3) is 8.35. The zero-order valence-corrected chi connectivity index (χ0v) is 15.5. The van der Waals surface area contributed by atoms with Crippen LogP contribution in [0.1, 0.15) is 0 Å². The maximum Gasteiger partial charge on any atom is 0.320 e. The van der Waals surface area contributed by atoms with Crippen molar-refractivity contribution in [3.05, 3.63) is 0 Å². The number of amides is 2. The van der Waals surface area contributed by atoms with Gasteiger partial charge in [0.15, 0.2) is 0 Å². The lowest BCUT2D eigenvalue weighted by atomic mass is 10.4. The summed E-state index contributed by atoms with van der Waals surface area (Å²) < 4.78 is 0. The Balaban J connectivity index is 2.39. The molecule has 1 aliphatic rings. The molecule has 1 heterocycles. The SMILES string of the molecule is N#CCNCCN(CC#N)CCN1CCN(CCN(CC#N)CC#N)C1=O. The molecule has 1 N–H and O–H groups in total. The number of nitrogens with one attached hydrogen (secondary N) is 1. The smallest absolute Gasteiger partial charge is 0.320 e. The molecular formula is C17H25N9O. The molecule has 1 saturated heterocycles. The summed E-state index contributed by atoms with van der Waals surface area (Å²) in [6, 6.07) is 8.12. The van der Waals surface area contributed by atoms with E-state index in [1.807, 2.05) is 23.1 Å². The van der Waals surface area contributed by atoms with Gasteiger partial charge in [-0.15, -0.1) is 0 Å². The topological polar surface area (TPSA) is 137 Å². The number of urea groups is 1. The summed E-state index contributed by atoms with van der Waals surface area (Å²) in [6.45, 7) is 5.49. The summed E-state index contributed by atoms with van der Waals surface area (Å²) in [4.78, 5) is 19.6. The first-order valence-electron chi connectivity index (χ1n) is 8.83. The van der Waals surface area contributed by atoms with Crippen molar-refractivity contribution in [2.45, 2.75) is 0 Å². The van der Waals surface area contributed by atoms with E-state index in [2.05, 4.69) is 11.4 Å². The van der Waals surface area contributed by atoms with E-state index in [-0.39, 0.29) is 32.2 Å². The van der Waals surface area contributed by atoms with E-state index >= 15 is 0 Å². The molecule has 0 radical (unpaired) electrons. The third-order valence-corrected chi connectivity index (χ3v) is 4.24. The Morgan fingerprint density at radius 1 is 0.815 bits per heavy atom. The Morgan fingerprint density at radius 3 is 1.85 bits per heavy atom. The van der Waals surface area contributed by atoms with Crippen LogP contribution < -0.4 is 5.32 Å². The Bertz CT molecular complexity index is 608. The molecule has 0 atom stereocenters. The van der Waals surface area contributed by atoms with Gasteiger partial charge in [-0.25, -0.2) is 4.79 Å². The second-order valence-electron chi connectivity index (χ2n) is 6.05. The fourth-order valence-corrected chi connectivity index (χ4v) is 2.74. The minimum Gasteiger partial charge on any atom is -0.322 e. The second kappa shape index (κ2) is 13.3. The average Bonchev–Trinajstić information content (AvgIpc) is 3.01. The lowest BCUT2D eigenvalue weighted by Gasteiger charge is -2.24. The van der Waals surface area contributed by atoms with Gasteiger partial charge in [-0.05, 0) is 0 Å². The predicted octanol–water partition coefficient (Wildman–Crippen LogP) is -0.988. The molecule has 10 nitrogen and oxygen atoms in total. The monoisotopic (exact) mass is 371 g/mol. The standard InChI is InChI=1S/C17H25N9O/c18-1-5-22-6-10-24(9-4-21)12-14-26-16-15-25(17(26)27)13-11-23(7-2-19)8-3-20/h22H,5-16H2. The van der Waals surface area contributed by atoms with E-state index in [0.717, 1.165) is 0 Å². The van der Waals surface area contributed by atoms with Gasteiger partial charge in [-0.2, -0.15) is 21.0 Å². The summed E-state index contributed by atoms with van der Waals surface area (Å²) in [5, 5.41) is 37.9. The van der Waals surface area contributed by atoms with Gasteiger partial charge in [-0.3, -0.25) is 9.80 Å². The summed E-state index contributed by atoms with van der Waals surface area (Å²) in [5.41, 5.74) is 0. The van der Waals surface area contributed by atoms with Crippen LogP contribution in [0.4, 0.5) is 4.79 Å². The zero-order chi connectivity index (χ0) is 19.9. The van der Waals surface area contributed by atoms with E-state index in [1.54, 1.807) is 14.7 Å². The number of carbonyl (C=O) groups excluding carboxylic acids is 1. The predicted molar refractivity (Wildman–Crippen MR) is 96.7 cm³/mol. The molecule has 0 aliphatic carbocycles. The lowest BCUT2D eigenvalue weighted by molar-refractivity contribution is 0.180. The molecule has 2 amide bonds. The molecule has 0 aromatic rings. The van der Waals surface area contributed by atoms with E-state index < -0.39 is 0 Å². The van der Waals surface area contributed by atoms with Gasteiger partial charge in [0.05, 0.1) is 50.5 Å². The molecule has 0 unspecified atom stereocenters. The van der Waals surface area contributed by atoms with Crippen LogP contribution in [-0.2, 0) is 0 Å². The van der Waals surface area contributed by atoms with Crippen molar-refractivity contribution in [3.63, 3.8) is 0 Å². The molecule has 1 aliphatic heterocycles. The quantitative estimate of drug-likeness (QED) is 0.322. The average molecular weight is 371 g/mol. The van der Waals surface area contributed by atoms with Crippen LogP contribution in [0, 0.1) is 45.3 Å². The lowest BCUT2D eigenvalue weighted by Crippen LogP contribution is -2.41. The molecule has 1 rings (SSSR count). The number of nitriles is 4. The molecule has 0 bridgehead atoms. The van der Waals surface area contributed by atoms with Crippen LogP contribution in [0.5, 0.6) is 0 Å². The van der Waals surface area contributed by atoms with E-state index in [4.69, 9.17) is 21.0 Å². The zero-order valence-electron chi connectivity index (χ0n) is 15.5. The minimum absolute atomic E-state index is 0.0524. The van der Waals surface area contributed by atoms with Gasteiger partial charge in [0.1, 0.15) is 0 Å². The van der Waals surface area contributed by atoms with Crippen molar-refractivity contribution in [3.8, 4) is 24.3 Å². The van der Waals surface area contributed by atoms with Gasteiger partial charge >= 0.3 is 6.03 Å². The Morgan fingerprint density at radius 2 is 1.33 bits per heavy atom. The normalized spacial score (nSPS) is 13.5. The van der Waals surface area contributed by atoms with Gasteiger partial charge < -0.3 is 15.1 Å². The second-order valence-corrected chi connectivity index (χ2v) is 6.05. The van der Waals surface area contributed by atoms with E-state index in [1.165, 1.54) is 0 Å². The van der Waals surface area contributed by atoms with Crippen molar-refractivity contribution in [1.82, 2.24) is 24.9 Å². The maximum atomic E-state index is 12.5. The van der Waals surface area contributed by atoms with Crippen LogP contribution in [0.15, 0.2) is 0 Å². The Hall–Kier alpha value is -2.89. The molecule has 144 valence electrons. The maximum absolute atomic E-state index is 12.5. The van der Waals surface area contributed by atoms with E-state index in [9.17, 15) is 4.79 Å². The molecule has 0 aromatic heterocycles. The van der Waals surface area contributed by atoms with Gasteiger partial charge in [-0.1, -0.05) is 0 Å². The van der Waals surface area contributed by atoms with Gasteiger partial charge in [0.2, 0.25) is 0 Å². The Kier molecular flexibility index (Phi) is 10.9. The highest BCUT2D eigenvalue weighted by Crippen LogP contribution is 2.08. The molecule has 0 aromatic carbocycles. The molecule has 1 fully saturated rings. The Labute approximate surface area is 160 Å². The molecule has 0 saturated carbocycles. The van der Waals surface area contributed by atoms with Crippen LogP contribution in [0.2, 0.25) is 0 Å². The van der Waals surface area contributed by atoms with Gasteiger partial charge in [0, 0.05) is 52.4 Å². The van der Waals surface area contributed by atoms with Crippen molar-refractivity contribution >= 4 is 6.03 Å². The summed E-state index contributed by atoms with van der Waals surface area (Å²) in [7, 11) is 0. The van der Waals surface area contributed by atoms with E-state index in [0.29, 0.717) is 52.4 Å². The number of hydrogen-bond donors (Lipinski definition) is 1. The summed E-state index contributed by atoms with van der Waals surface area (Å²) in [5.74, 6) is 0. The first-order chi connectivity index (χ1) is 13.2. The number of hydrogen-bond acceptors (Lipinski definition) is 8. The highest BCUT2D eigenvalue weighted by molar-refractivity contribution is 5.76. The van der Waals surface area contributed by atoms with Crippen LogP contribution in [0.25, 0.3) is 0 Å². The fourth-order valence-electron chi connectivity index (χ4n) is 2.74. The van der Waals surface area contributed by atoms with Crippen molar-refractivity contribution in [2.75, 3.05) is 78.5 Å². The number of nitrogens with zero attached hydrogens (tertiary/aromatic N) is 8. The minimum atomic E-state index is -0.0524. The highest BCUT2D eigenvalue weighted by Gasteiger charge is 2.28. The highest BCUT2D eigenvalue weighted by atomic mass is 16.2. The first-order valence-corrected chi connectivity index (χ1v) is 8.83. The van der Waals surface area contributed by atoms with Gasteiger partial charge in [0.25, 0.3) is 0 Å². The van der Waals surface area contributed by atoms with Crippen LogP contribution in [-0.4, -0.2) is 104 Å². The van der Waals surface area contributed by atoms with Crippen molar-refractivity contribution in [1.29, 1.82) is 21.0 Å². The number of carbonyl (C=O) groups is 1. The van der Waals surface area contributed by atoms with Crippen molar-refractivity contribution < 1.29 is 4.79 Å². The third-order valence-electron chi connectivity index (χ3n) is 4.24. The molecule has 0 spiro atoms.